The lowest BCUT2D eigenvalue weighted by molar-refractivity contribution is -0.0643. The summed E-state index contributed by atoms with van der Waals surface area (Å²) in [5.74, 6) is 1.46. The first-order valence-corrected chi connectivity index (χ1v) is 10.0. The Hall–Kier alpha value is -0.900. The van der Waals surface area contributed by atoms with E-state index in [1.54, 1.807) is 11.3 Å². The number of aryl methyl sites for hydroxylation is 1. The molecule has 4 heteroatoms. The SMILES string of the molecule is Cc1ccc2cc(C(=O)C[C@@H]3C4CCN(CC4)C3(C)C)sc2c1Cl. The van der Waals surface area contributed by atoms with E-state index >= 15 is 0 Å². The van der Waals surface area contributed by atoms with Crippen molar-refractivity contribution in [3.63, 3.8) is 0 Å². The number of nitrogens with zero attached hydrogens (tertiary/aromatic N) is 1. The minimum Gasteiger partial charge on any atom is -0.298 e. The van der Waals surface area contributed by atoms with E-state index in [2.05, 4.69) is 24.8 Å². The van der Waals surface area contributed by atoms with E-state index < -0.39 is 0 Å². The zero-order valence-electron chi connectivity index (χ0n) is 14.6. The number of piperidine rings is 3. The third-order valence-corrected chi connectivity index (χ3v) is 8.14. The molecule has 3 aliphatic rings. The van der Waals surface area contributed by atoms with Crippen LogP contribution in [0.15, 0.2) is 18.2 Å². The Morgan fingerprint density at radius 1 is 1.33 bits per heavy atom. The Bertz CT molecular complexity index is 801. The first-order valence-electron chi connectivity index (χ1n) is 8.85. The van der Waals surface area contributed by atoms with Crippen molar-refractivity contribution < 1.29 is 4.79 Å². The molecule has 0 radical (unpaired) electrons. The van der Waals surface area contributed by atoms with Crippen molar-refractivity contribution in [3.8, 4) is 0 Å². The van der Waals surface area contributed by atoms with Crippen LogP contribution < -0.4 is 0 Å². The molecule has 2 bridgehead atoms. The lowest BCUT2D eigenvalue weighted by Gasteiger charge is -2.56. The number of carbonyl (C=O) groups is 1. The minimum absolute atomic E-state index is 0.141. The van der Waals surface area contributed by atoms with Crippen LogP contribution in [-0.4, -0.2) is 29.3 Å². The van der Waals surface area contributed by atoms with E-state index in [4.69, 9.17) is 11.6 Å². The molecule has 1 aromatic carbocycles. The number of carbonyl (C=O) groups excluding carboxylic acids is 1. The van der Waals surface area contributed by atoms with E-state index in [1.807, 2.05) is 19.1 Å². The first-order chi connectivity index (χ1) is 11.4. The Morgan fingerprint density at radius 2 is 2.04 bits per heavy atom. The lowest BCUT2D eigenvalue weighted by Crippen LogP contribution is -2.61. The second-order valence-corrected chi connectivity index (χ2v) is 9.37. The van der Waals surface area contributed by atoms with E-state index in [1.165, 1.54) is 25.9 Å². The maximum absolute atomic E-state index is 13.0. The molecule has 2 nitrogen and oxygen atoms in total. The highest BCUT2D eigenvalue weighted by atomic mass is 35.5. The molecular weight excluding hydrogens is 338 g/mol. The summed E-state index contributed by atoms with van der Waals surface area (Å²) in [4.78, 5) is 16.4. The van der Waals surface area contributed by atoms with Crippen molar-refractivity contribution in [1.29, 1.82) is 0 Å². The third-order valence-electron chi connectivity index (χ3n) is 6.33. The van der Waals surface area contributed by atoms with Gasteiger partial charge in [-0.15, -0.1) is 11.3 Å². The summed E-state index contributed by atoms with van der Waals surface area (Å²) in [5.41, 5.74) is 1.21. The summed E-state index contributed by atoms with van der Waals surface area (Å²) in [6.45, 7) is 9.04. The minimum atomic E-state index is 0.141. The summed E-state index contributed by atoms with van der Waals surface area (Å²) in [6, 6.07) is 6.13. The molecule has 1 aromatic heterocycles. The number of benzene rings is 1. The van der Waals surface area contributed by atoms with Gasteiger partial charge >= 0.3 is 0 Å². The fraction of sp³-hybridized carbons (Fsp3) is 0.550. The number of fused-ring (bicyclic) bond motifs is 4. The van der Waals surface area contributed by atoms with E-state index in [9.17, 15) is 4.79 Å². The molecule has 0 spiro atoms. The van der Waals surface area contributed by atoms with Gasteiger partial charge in [-0.05, 0) is 75.6 Å². The first kappa shape index (κ1) is 16.6. The van der Waals surface area contributed by atoms with Crippen LogP contribution in [0.5, 0.6) is 0 Å². The van der Waals surface area contributed by atoms with E-state index in [0.717, 1.165) is 25.5 Å². The van der Waals surface area contributed by atoms with Crippen LogP contribution in [0, 0.1) is 18.8 Å². The topological polar surface area (TPSA) is 20.3 Å². The second kappa shape index (κ2) is 5.82. The van der Waals surface area contributed by atoms with Crippen LogP contribution in [0.1, 0.15) is 48.3 Å². The number of halogens is 1. The van der Waals surface area contributed by atoms with Gasteiger partial charge in [0.1, 0.15) is 0 Å². The number of rotatable bonds is 3. The molecule has 3 fully saturated rings. The predicted octanol–water partition coefficient (Wildman–Crippen LogP) is 5.56. The summed E-state index contributed by atoms with van der Waals surface area (Å²) >= 11 is 7.98. The Morgan fingerprint density at radius 3 is 2.71 bits per heavy atom. The highest BCUT2D eigenvalue weighted by Crippen LogP contribution is 2.46. The lowest BCUT2D eigenvalue weighted by atomic mass is 9.65. The van der Waals surface area contributed by atoms with Crippen molar-refractivity contribution in [2.75, 3.05) is 13.1 Å². The van der Waals surface area contributed by atoms with Crippen molar-refractivity contribution in [2.24, 2.45) is 11.8 Å². The Balaban J connectivity index is 1.61. The van der Waals surface area contributed by atoms with E-state index in [-0.39, 0.29) is 11.3 Å². The molecule has 4 heterocycles. The second-order valence-electron chi connectivity index (χ2n) is 7.94. The largest absolute Gasteiger partial charge is 0.298 e. The van der Waals surface area contributed by atoms with Gasteiger partial charge in [0.2, 0.25) is 0 Å². The van der Waals surface area contributed by atoms with Gasteiger partial charge in [-0.1, -0.05) is 23.7 Å². The molecule has 0 aliphatic carbocycles. The van der Waals surface area contributed by atoms with Crippen LogP contribution in [0.4, 0.5) is 0 Å². The summed E-state index contributed by atoms with van der Waals surface area (Å²) in [5, 5.41) is 1.88. The van der Waals surface area contributed by atoms with Gasteiger partial charge in [-0.25, -0.2) is 0 Å². The quantitative estimate of drug-likeness (QED) is 0.667. The Kier molecular flexibility index (Phi) is 4.02. The van der Waals surface area contributed by atoms with Crippen molar-refractivity contribution >= 4 is 38.8 Å². The van der Waals surface area contributed by atoms with Gasteiger partial charge in [0.15, 0.2) is 5.78 Å². The number of hydrogen-bond acceptors (Lipinski definition) is 3. The molecule has 1 atom stereocenters. The maximum Gasteiger partial charge on any atom is 0.173 e. The Labute approximate surface area is 152 Å². The monoisotopic (exact) mass is 361 g/mol. The molecule has 3 aliphatic heterocycles. The molecule has 0 N–H and O–H groups in total. The average molecular weight is 362 g/mol. The van der Waals surface area contributed by atoms with Gasteiger partial charge in [0.05, 0.1) is 14.6 Å². The maximum atomic E-state index is 13.0. The van der Waals surface area contributed by atoms with Crippen LogP contribution in [0.2, 0.25) is 5.02 Å². The zero-order valence-corrected chi connectivity index (χ0v) is 16.1. The highest BCUT2D eigenvalue weighted by Gasteiger charge is 2.47. The summed E-state index contributed by atoms with van der Waals surface area (Å²) in [7, 11) is 0. The summed E-state index contributed by atoms with van der Waals surface area (Å²) < 4.78 is 1.05. The average Bonchev–Trinajstić information content (AvgIpc) is 3.00. The smallest absolute Gasteiger partial charge is 0.173 e. The molecule has 0 amide bonds. The van der Waals surface area contributed by atoms with Crippen molar-refractivity contribution in [3.05, 3.63) is 33.7 Å². The zero-order chi connectivity index (χ0) is 17.1. The van der Waals surface area contributed by atoms with Gasteiger partial charge in [0.25, 0.3) is 0 Å². The molecule has 2 aromatic rings. The fourth-order valence-corrected chi connectivity index (χ4v) is 6.10. The van der Waals surface area contributed by atoms with Crippen LogP contribution in [-0.2, 0) is 0 Å². The molecule has 0 unspecified atom stereocenters. The van der Waals surface area contributed by atoms with Crippen LogP contribution in [0.25, 0.3) is 10.1 Å². The normalized spacial score (nSPS) is 28.4. The molecular formula is C20H24ClNOS. The molecule has 3 saturated heterocycles. The van der Waals surface area contributed by atoms with Crippen LogP contribution in [0.3, 0.4) is 0 Å². The number of thiophene rings is 1. The number of Topliss-reactive ketones (excluding diaryl/α,β-unsaturated/α-hetero) is 1. The highest BCUT2D eigenvalue weighted by molar-refractivity contribution is 7.21. The van der Waals surface area contributed by atoms with Crippen molar-refractivity contribution in [1.82, 2.24) is 4.90 Å². The van der Waals surface area contributed by atoms with Gasteiger partial charge < -0.3 is 0 Å². The van der Waals surface area contributed by atoms with Crippen molar-refractivity contribution in [2.45, 2.75) is 45.6 Å². The molecule has 24 heavy (non-hydrogen) atoms. The third kappa shape index (κ3) is 2.53. The molecule has 128 valence electrons. The van der Waals surface area contributed by atoms with Gasteiger partial charge in [-0.3, -0.25) is 9.69 Å². The van der Waals surface area contributed by atoms with E-state index in [0.29, 0.717) is 18.3 Å². The standard InChI is InChI=1S/C20H24ClNOS/c1-12-4-5-14-10-17(24-19(14)18(12)21)16(23)11-15-13-6-8-22(9-7-13)20(15,2)3/h4-5,10,13,15H,6-9,11H2,1-3H3/t15-/m1/s1. The predicted molar refractivity (Wildman–Crippen MR) is 102 cm³/mol. The summed E-state index contributed by atoms with van der Waals surface area (Å²) in [6.07, 6.45) is 3.16. The van der Waals surface area contributed by atoms with Gasteiger partial charge in [0, 0.05) is 12.0 Å². The fourth-order valence-electron chi connectivity index (χ4n) is 4.71. The number of ketones is 1. The molecule has 0 saturated carbocycles. The molecule has 5 rings (SSSR count). The van der Waals surface area contributed by atoms with Gasteiger partial charge in [-0.2, -0.15) is 0 Å². The number of hydrogen-bond donors (Lipinski definition) is 0. The van der Waals surface area contributed by atoms with Crippen LogP contribution >= 0.6 is 22.9 Å².